The lowest BCUT2D eigenvalue weighted by Gasteiger charge is -2.40. The zero-order chi connectivity index (χ0) is 23.4. The molecule has 1 heterocycles. The number of benzene rings is 2. The minimum Gasteiger partial charge on any atom is -0.371 e. The number of rotatable bonds is 6. The Hall–Kier alpha value is -2.07. The number of aryl methyl sites for hydroxylation is 3. The minimum absolute atomic E-state index is 0.497. The van der Waals surface area contributed by atoms with Crippen LogP contribution in [0.2, 0.25) is 0 Å². The van der Waals surface area contributed by atoms with E-state index in [0.29, 0.717) is 12.0 Å². The van der Waals surface area contributed by atoms with Crippen LogP contribution < -0.4 is 10.2 Å². The number of hydrogen-bond donors (Lipinski definition) is 1. The van der Waals surface area contributed by atoms with Crippen molar-refractivity contribution < 1.29 is 0 Å². The molecule has 0 radical (unpaired) electrons. The third kappa shape index (κ3) is 5.71. The van der Waals surface area contributed by atoms with Crippen molar-refractivity contribution in [2.24, 2.45) is 5.92 Å². The molecule has 0 saturated heterocycles. The van der Waals surface area contributed by atoms with Crippen LogP contribution in [0.4, 0.5) is 11.4 Å². The van der Waals surface area contributed by atoms with E-state index >= 15 is 0 Å². The molecule has 2 aromatic rings. The maximum atomic E-state index is 6.07. The second kappa shape index (κ2) is 10.9. The van der Waals surface area contributed by atoms with Crippen molar-refractivity contribution in [2.45, 2.75) is 85.2 Å². The summed E-state index contributed by atoms with van der Waals surface area (Å²) in [6.45, 7) is 12.2. The molecule has 0 spiro atoms. The summed E-state index contributed by atoms with van der Waals surface area (Å²) in [5, 5.41) is 4.49. The van der Waals surface area contributed by atoms with Gasteiger partial charge in [0.15, 0.2) is 5.11 Å². The predicted octanol–water partition coefficient (Wildman–Crippen LogP) is 7.24. The van der Waals surface area contributed by atoms with Gasteiger partial charge in [-0.2, -0.15) is 0 Å². The number of anilines is 2. The summed E-state index contributed by atoms with van der Waals surface area (Å²) in [5.74, 6) is 0.662. The Morgan fingerprint density at radius 3 is 2.70 bits per heavy atom. The van der Waals surface area contributed by atoms with Crippen LogP contribution in [0.15, 0.2) is 36.4 Å². The molecule has 1 fully saturated rings. The molecule has 0 bridgehead atoms. The molecule has 1 N–H and O–H groups in total. The van der Waals surface area contributed by atoms with Crippen LogP contribution in [0, 0.1) is 19.8 Å². The zero-order valence-corrected chi connectivity index (χ0v) is 21.8. The number of nitrogens with one attached hydrogen (secondary N) is 1. The van der Waals surface area contributed by atoms with E-state index in [4.69, 9.17) is 12.2 Å². The van der Waals surface area contributed by atoms with Gasteiger partial charge < -0.3 is 15.1 Å². The van der Waals surface area contributed by atoms with Crippen molar-refractivity contribution >= 4 is 28.7 Å². The minimum atomic E-state index is 0.497. The van der Waals surface area contributed by atoms with Crippen LogP contribution >= 0.6 is 12.2 Å². The van der Waals surface area contributed by atoms with Crippen LogP contribution in [-0.2, 0) is 13.0 Å². The van der Waals surface area contributed by atoms with Crippen LogP contribution in [0.25, 0.3) is 0 Å². The summed E-state index contributed by atoms with van der Waals surface area (Å²) < 4.78 is 0. The predicted molar refractivity (Wildman–Crippen MR) is 146 cm³/mol. The average molecular weight is 464 g/mol. The fourth-order valence-electron chi connectivity index (χ4n) is 5.68. The Balaban J connectivity index is 1.59. The summed E-state index contributed by atoms with van der Waals surface area (Å²) in [6.07, 6.45) is 8.81. The average Bonchev–Trinajstić information content (AvgIpc) is 2.80. The monoisotopic (exact) mass is 463 g/mol. The highest BCUT2D eigenvalue weighted by Gasteiger charge is 2.29. The third-order valence-corrected chi connectivity index (χ3v) is 7.90. The molecule has 1 aliphatic heterocycles. The molecule has 0 unspecified atom stereocenters. The summed E-state index contributed by atoms with van der Waals surface area (Å²) in [6, 6.07) is 14.2. The van der Waals surface area contributed by atoms with Gasteiger partial charge in [0, 0.05) is 37.1 Å². The molecule has 2 aliphatic rings. The molecule has 33 heavy (non-hydrogen) atoms. The van der Waals surface area contributed by atoms with Gasteiger partial charge in [0.05, 0.1) is 0 Å². The molecule has 2 aromatic carbocycles. The van der Waals surface area contributed by atoms with Gasteiger partial charge in [-0.25, -0.2) is 0 Å². The first-order chi connectivity index (χ1) is 16.0. The molecule has 1 aliphatic carbocycles. The fraction of sp³-hybridized carbons (Fsp3) is 0.552. The van der Waals surface area contributed by atoms with Gasteiger partial charge in [0.2, 0.25) is 0 Å². The summed E-state index contributed by atoms with van der Waals surface area (Å²) in [7, 11) is 0. The first kappa shape index (κ1) is 24.1. The highest BCUT2D eigenvalue weighted by Crippen LogP contribution is 2.32. The second-order valence-corrected chi connectivity index (χ2v) is 10.6. The van der Waals surface area contributed by atoms with Crippen molar-refractivity contribution in [3.05, 3.63) is 58.7 Å². The highest BCUT2D eigenvalue weighted by molar-refractivity contribution is 7.80. The molecule has 0 aromatic heterocycles. The van der Waals surface area contributed by atoms with Crippen molar-refractivity contribution in [2.75, 3.05) is 23.3 Å². The maximum Gasteiger partial charge on any atom is 0.173 e. The van der Waals surface area contributed by atoms with Crippen LogP contribution in [0.1, 0.15) is 74.6 Å². The van der Waals surface area contributed by atoms with E-state index in [1.165, 1.54) is 79.4 Å². The Labute approximate surface area is 206 Å². The first-order valence-corrected chi connectivity index (χ1v) is 13.4. The van der Waals surface area contributed by atoms with E-state index in [0.717, 1.165) is 23.9 Å². The van der Waals surface area contributed by atoms with Gasteiger partial charge in [-0.3, -0.25) is 0 Å². The maximum absolute atomic E-state index is 6.07. The molecule has 3 nitrogen and oxygen atoms in total. The van der Waals surface area contributed by atoms with Crippen molar-refractivity contribution in [1.29, 1.82) is 0 Å². The van der Waals surface area contributed by atoms with E-state index < -0.39 is 0 Å². The Bertz CT molecular complexity index is 969. The number of thiocarbonyl (C=S) groups is 1. The van der Waals surface area contributed by atoms with Crippen molar-refractivity contribution in [3.63, 3.8) is 0 Å². The molecule has 4 heteroatoms. The van der Waals surface area contributed by atoms with E-state index in [1.54, 1.807) is 0 Å². The quantitative estimate of drug-likeness (QED) is 0.455. The topological polar surface area (TPSA) is 18.5 Å². The zero-order valence-electron chi connectivity index (χ0n) is 21.0. The molecule has 2 atom stereocenters. The van der Waals surface area contributed by atoms with E-state index in [9.17, 15) is 0 Å². The molecule has 1 saturated carbocycles. The van der Waals surface area contributed by atoms with Gasteiger partial charge in [-0.05, 0) is 98.5 Å². The lowest BCUT2D eigenvalue weighted by atomic mass is 9.84. The lowest BCUT2D eigenvalue weighted by molar-refractivity contribution is 0.177. The van der Waals surface area contributed by atoms with Gasteiger partial charge in [0.1, 0.15) is 0 Å². The third-order valence-electron chi connectivity index (χ3n) is 7.57. The van der Waals surface area contributed by atoms with Crippen molar-refractivity contribution in [3.8, 4) is 0 Å². The van der Waals surface area contributed by atoms with E-state index in [1.807, 2.05) is 0 Å². The second-order valence-electron chi connectivity index (χ2n) is 10.3. The lowest BCUT2D eigenvalue weighted by Crippen LogP contribution is -2.46. The Morgan fingerprint density at radius 1 is 1.09 bits per heavy atom. The largest absolute Gasteiger partial charge is 0.371 e. The van der Waals surface area contributed by atoms with E-state index in [-0.39, 0.29) is 0 Å². The Kier molecular flexibility index (Phi) is 7.95. The van der Waals surface area contributed by atoms with Gasteiger partial charge in [-0.15, -0.1) is 0 Å². The van der Waals surface area contributed by atoms with Crippen LogP contribution in [0.5, 0.6) is 0 Å². The van der Waals surface area contributed by atoms with Crippen LogP contribution in [0.3, 0.4) is 0 Å². The van der Waals surface area contributed by atoms with Gasteiger partial charge >= 0.3 is 0 Å². The van der Waals surface area contributed by atoms with Crippen LogP contribution in [-0.4, -0.2) is 29.1 Å². The fourth-order valence-corrected chi connectivity index (χ4v) is 5.99. The number of fused-ring (bicyclic) bond motifs is 1. The Morgan fingerprint density at radius 2 is 1.91 bits per heavy atom. The molecular formula is C29H41N3S. The summed E-state index contributed by atoms with van der Waals surface area (Å²) in [5.41, 5.74) is 7.97. The van der Waals surface area contributed by atoms with Crippen molar-refractivity contribution in [1.82, 2.24) is 4.90 Å². The molecule has 4 rings (SSSR count). The number of hydrogen-bond acceptors (Lipinski definition) is 2. The SMILES string of the molecule is CCCN1CCCc2cc(CN(C(=S)Nc3cc(C)ccc3C)[C@@H]3CCCC[C@H]3C)ccc21. The number of nitrogens with zero attached hydrogens (tertiary/aromatic N) is 2. The van der Waals surface area contributed by atoms with Gasteiger partial charge in [-0.1, -0.05) is 51.0 Å². The molecule has 178 valence electrons. The molecule has 0 amide bonds. The molecular weight excluding hydrogens is 422 g/mol. The smallest absolute Gasteiger partial charge is 0.173 e. The standard InChI is InChI=1S/C29H41N3S/c1-5-16-31-17-8-10-25-19-24(14-15-28(25)31)20-32(27-11-7-6-9-23(27)4)29(33)30-26-18-21(2)12-13-22(26)3/h12-15,18-19,23,27H,5-11,16-17,20H2,1-4H3,(H,30,33)/t23-,27-/m1/s1. The normalized spacial score (nSPS) is 20.3. The highest BCUT2D eigenvalue weighted by atomic mass is 32.1. The summed E-state index contributed by atoms with van der Waals surface area (Å²) >= 11 is 6.07. The van der Waals surface area contributed by atoms with Gasteiger partial charge in [0.25, 0.3) is 0 Å². The first-order valence-electron chi connectivity index (χ1n) is 13.0. The van der Waals surface area contributed by atoms with E-state index in [2.05, 4.69) is 79.2 Å². The summed E-state index contributed by atoms with van der Waals surface area (Å²) in [4.78, 5) is 5.06.